The first-order valence-electron chi connectivity index (χ1n) is 5.28. The lowest BCUT2D eigenvalue weighted by Crippen LogP contribution is -2.40. The topological polar surface area (TPSA) is 29.1 Å². The van der Waals surface area contributed by atoms with E-state index in [0.29, 0.717) is 5.33 Å². The number of halogens is 3. The molecule has 0 aliphatic carbocycles. The summed E-state index contributed by atoms with van der Waals surface area (Å²) in [5, 5.41) is 3.49. The molecule has 1 aromatic rings. The van der Waals surface area contributed by atoms with Gasteiger partial charge in [-0.15, -0.1) is 0 Å². The van der Waals surface area contributed by atoms with Crippen LogP contribution in [0.5, 0.6) is 0 Å². The molecule has 5 heteroatoms. The summed E-state index contributed by atoms with van der Waals surface area (Å²) in [7, 11) is 0. The zero-order chi connectivity index (χ0) is 13.0. The summed E-state index contributed by atoms with van der Waals surface area (Å²) in [5.41, 5.74) is -0.0965. The number of hydrogen-bond donors (Lipinski definition) is 1. The average Bonchev–Trinajstić information content (AvgIpc) is 2.25. The van der Waals surface area contributed by atoms with Gasteiger partial charge in [-0.3, -0.25) is 4.79 Å². The minimum absolute atomic E-state index is 0.0572. The third-order valence-corrected chi connectivity index (χ3v) is 3.49. The summed E-state index contributed by atoms with van der Waals surface area (Å²) in [6.45, 7) is 3.96. The number of alkyl halides is 1. The minimum atomic E-state index is -0.605. The third-order valence-electron chi connectivity index (χ3n) is 2.48. The number of carbonyl (C=O) groups is 1. The molecular formula is C12H14BrClFNO. The summed E-state index contributed by atoms with van der Waals surface area (Å²) in [6.07, 6.45) is 0. The Balaban J connectivity index is 2.90. The van der Waals surface area contributed by atoms with Crippen LogP contribution in [0.15, 0.2) is 18.2 Å². The van der Waals surface area contributed by atoms with Crippen LogP contribution in [-0.4, -0.2) is 17.3 Å². The van der Waals surface area contributed by atoms with E-state index in [9.17, 15) is 9.18 Å². The van der Waals surface area contributed by atoms with Gasteiger partial charge in [0.1, 0.15) is 5.82 Å². The minimum Gasteiger partial charge on any atom is -0.348 e. The molecule has 0 fully saturated rings. The highest BCUT2D eigenvalue weighted by molar-refractivity contribution is 9.09. The number of carbonyl (C=O) groups excluding carboxylic acids is 1. The van der Waals surface area contributed by atoms with Gasteiger partial charge in [-0.05, 0) is 18.1 Å². The van der Waals surface area contributed by atoms with Gasteiger partial charge in [0.25, 0.3) is 5.91 Å². The summed E-state index contributed by atoms with van der Waals surface area (Å²) < 4.78 is 13.5. The lowest BCUT2D eigenvalue weighted by atomic mass is 10.1. The molecule has 0 saturated heterocycles. The molecule has 1 amide bonds. The van der Waals surface area contributed by atoms with Crippen LogP contribution in [0, 0.1) is 11.7 Å². The zero-order valence-corrected chi connectivity index (χ0v) is 12.0. The first-order chi connectivity index (χ1) is 7.97. The van der Waals surface area contributed by atoms with Crippen molar-refractivity contribution in [2.45, 2.75) is 19.9 Å². The molecule has 17 heavy (non-hydrogen) atoms. The number of nitrogens with one attached hydrogen (secondary N) is 1. The molecule has 2 nitrogen and oxygen atoms in total. The van der Waals surface area contributed by atoms with E-state index < -0.39 is 11.7 Å². The molecular weight excluding hydrogens is 308 g/mol. The fourth-order valence-electron chi connectivity index (χ4n) is 1.34. The van der Waals surface area contributed by atoms with Crippen molar-refractivity contribution in [2.24, 2.45) is 5.92 Å². The van der Waals surface area contributed by atoms with Crippen molar-refractivity contribution in [3.05, 3.63) is 34.6 Å². The van der Waals surface area contributed by atoms with Gasteiger partial charge in [-0.2, -0.15) is 0 Å². The van der Waals surface area contributed by atoms with E-state index in [1.807, 2.05) is 13.8 Å². The van der Waals surface area contributed by atoms with Crippen molar-refractivity contribution in [1.82, 2.24) is 5.32 Å². The fraction of sp³-hybridized carbons (Fsp3) is 0.417. The molecule has 0 radical (unpaired) electrons. The maximum atomic E-state index is 13.5. The Morgan fingerprint density at radius 1 is 1.53 bits per heavy atom. The standard InChI is InChI=1S/C12H14BrClFNO/c1-7(2)10(6-13)16-12(17)11-8(14)4-3-5-9(11)15/h3-5,7,10H,6H2,1-2H3,(H,16,17). The Labute approximate surface area is 114 Å². The second-order valence-electron chi connectivity index (χ2n) is 4.07. The van der Waals surface area contributed by atoms with E-state index in [2.05, 4.69) is 21.2 Å². The van der Waals surface area contributed by atoms with Crippen molar-refractivity contribution in [3.63, 3.8) is 0 Å². The molecule has 0 aliphatic rings. The molecule has 1 rings (SSSR count). The summed E-state index contributed by atoms with van der Waals surface area (Å²) in [4.78, 5) is 11.9. The maximum absolute atomic E-state index is 13.5. The van der Waals surface area contributed by atoms with E-state index in [4.69, 9.17) is 11.6 Å². The molecule has 1 N–H and O–H groups in total. The highest BCUT2D eigenvalue weighted by atomic mass is 79.9. The fourth-order valence-corrected chi connectivity index (χ4v) is 2.50. The van der Waals surface area contributed by atoms with Gasteiger partial charge in [0.15, 0.2) is 0 Å². The predicted molar refractivity (Wildman–Crippen MR) is 71.3 cm³/mol. The summed E-state index contributed by atoms with van der Waals surface area (Å²) in [5.74, 6) is -0.831. The van der Waals surface area contributed by atoms with E-state index >= 15 is 0 Å². The Bertz CT molecular complexity index is 391. The van der Waals surface area contributed by atoms with Crippen molar-refractivity contribution < 1.29 is 9.18 Å². The van der Waals surface area contributed by atoms with Crippen LogP contribution in [0.3, 0.4) is 0 Å². The zero-order valence-electron chi connectivity index (χ0n) is 9.64. The molecule has 0 bridgehead atoms. The van der Waals surface area contributed by atoms with Crippen LogP contribution in [0.25, 0.3) is 0 Å². The molecule has 0 aromatic heterocycles. The first-order valence-corrected chi connectivity index (χ1v) is 6.78. The first kappa shape index (κ1) is 14.5. The van der Waals surface area contributed by atoms with Gasteiger partial charge in [0.05, 0.1) is 10.6 Å². The third kappa shape index (κ3) is 3.68. The van der Waals surface area contributed by atoms with Crippen LogP contribution >= 0.6 is 27.5 Å². The maximum Gasteiger partial charge on any atom is 0.256 e. The van der Waals surface area contributed by atoms with Crippen LogP contribution in [-0.2, 0) is 0 Å². The number of amides is 1. The molecule has 94 valence electrons. The lowest BCUT2D eigenvalue weighted by Gasteiger charge is -2.20. The Morgan fingerprint density at radius 3 is 2.65 bits per heavy atom. The molecule has 0 heterocycles. The van der Waals surface area contributed by atoms with Gasteiger partial charge in [-0.1, -0.05) is 47.4 Å². The van der Waals surface area contributed by atoms with Gasteiger partial charge < -0.3 is 5.32 Å². The molecule has 0 aliphatic heterocycles. The van der Waals surface area contributed by atoms with Crippen molar-refractivity contribution in [3.8, 4) is 0 Å². The van der Waals surface area contributed by atoms with Gasteiger partial charge in [0.2, 0.25) is 0 Å². The summed E-state index contributed by atoms with van der Waals surface area (Å²) >= 11 is 9.13. The monoisotopic (exact) mass is 321 g/mol. The van der Waals surface area contributed by atoms with E-state index in [1.54, 1.807) is 0 Å². The molecule has 1 atom stereocenters. The normalized spacial score (nSPS) is 12.6. The predicted octanol–water partition coefficient (Wildman–Crippen LogP) is 3.63. The number of hydrogen-bond acceptors (Lipinski definition) is 1. The quantitative estimate of drug-likeness (QED) is 0.843. The highest BCUT2D eigenvalue weighted by Gasteiger charge is 2.20. The molecule has 0 spiro atoms. The second-order valence-corrected chi connectivity index (χ2v) is 5.13. The lowest BCUT2D eigenvalue weighted by molar-refractivity contribution is 0.0928. The SMILES string of the molecule is CC(C)C(CBr)NC(=O)c1c(F)cccc1Cl. The van der Waals surface area contributed by atoms with Crippen molar-refractivity contribution in [1.29, 1.82) is 0 Å². The van der Waals surface area contributed by atoms with Crippen LogP contribution in [0.4, 0.5) is 4.39 Å². The second kappa shape index (κ2) is 6.36. The van der Waals surface area contributed by atoms with E-state index in [-0.39, 0.29) is 22.5 Å². The Morgan fingerprint density at radius 2 is 2.18 bits per heavy atom. The van der Waals surface area contributed by atoms with Gasteiger partial charge >= 0.3 is 0 Å². The van der Waals surface area contributed by atoms with E-state index in [0.717, 1.165) is 0 Å². The number of rotatable bonds is 4. The van der Waals surface area contributed by atoms with Crippen molar-refractivity contribution in [2.75, 3.05) is 5.33 Å². The van der Waals surface area contributed by atoms with Gasteiger partial charge in [-0.25, -0.2) is 4.39 Å². The summed E-state index contributed by atoms with van der Waals surface area (Å²) in [6, 6.07) is 4.13. The Kier molecular flexibility index (Phi) is 5.40. The highest BCUT2D eigenvalue weighted by Crippen LogP contribution is 2.19. The average molecular weight is 323 g/mol. The van der Waals surface area contributed by atoms with Crippen LogP contribution in [0.2, 0.25) is 5.02 Å². The van der Waals surface area contributed by atoms with E-state index in [1.165, 1.54) is 18.2 Å². The molecule has 0 saturated carbocycles. The smallest absolute Gasteiger partial charge is 0.256 e. The number of benzene rings is 1. The Hall–Kier alpha value is -0.610. The molecule has 1 aromatic carbocycles. The van der Waals surface area contributed by atoms with Crippen LogP contribution in [0.1, 0.15) is 24.2 Å². The molecule has 1 unspecified atom stereocenters. The van der Waals surface area contributed by atoms with Crippen LogP contribution < -0.4 is 5.32 Å². The largest absolute Gasteiger partial charge is 0.348 e. The van der Waals surface area contributed by atoms with Crippen molar-refractivity contribution >= 4 is 33.4 Å². The van der Waals surface area contributed by atoms with Gasteiger partial charge in [0, 0.05) is 11.4 Å².